The predicted octanol–water partition coefficient (Wildman–Crippen LogP) is 2.85. The molecule has 0 saturated carbocycles. The van der Waals surface area contributed by atoms with Crippen LogP contribution in [0.25, 0.3) is 11.0 Å². The van der Waals surface area contributed by atoms with Crippen molar-refractivity contribution in [2.75, 3.05) is 11.9 Å². The number of fused-ring (bicyclic) bond motifs is 1. The van der Waals surface area contributed by atoms with Crippen LogP contribution in [0, 0.1) is 6.92 Å². The molecule has 3 N–H and O–H groups in total. The summed E-state index contributed by atoms with van der Waals surface area (Å²) in [5.74, 6) is -0.219. The van der Waals surface area contributed by atoms with E-state index in [0.29, 0.717) is 23.4 Å². The normalized spacial score (nSPS) is 10.8. The molecule has 0 aliphatic carbocycles. The van der Waals surface area contributed by atoms with Crippen LogP contribution >= 0.6 is 0 Å². The monoisotopic (exact) mass is 322 g/mol. The van der Waals surface area contributed by atoms with Gasteiger partial charge in [0.1, 0.15) is 5.58 Å². The minimum Gasteiger partial charge on any atom is -0.423 e. The Hall–Kier alpha value is -2.92. The van der Waals surface area contributed by atoms with Gasteiger partial charge < -0.3 is 15.5 Å². The van der Waals surface area contributed by atoms with E-state index in [9.17, 15) is 9.59 Å². The Morgan fingerprint density at radius 3 is 2.58 bits per heavy atom. The fourth-order valence-corrected chi connectivity index (χ4v) is 2.60. The second-order valence-corrected chi connectivity index (χ2v) is 5.65. The molecular weight excluding hydrogens is 304 g/mol. The number of nitrogens with one attached hydrogen (secondary N) is 1. The van der Waals surface area contributed by atoms with E-state index in [1.54, 1.807) is 24.3 Å². The van der Waals surface area contributed by atoms with E-state index in [1.807, 2.05) is 25.1 Å². The summed E-state index contributed by atoms with van der Waals surface area (Å²) in [4.78, 5) is 23.8. The summed E-state index contributed by atoms with van der Waals surface area (Å²) < 4.78 is 5.19. The highest BCUT2D eigenvalue weighted by Crippen LogP contribution is 2.21. The van der Waals surface area contributed by atoms with Crippen molar-refractivity contribution in [2.24, 2.45) is 5.73 Å². The third-order valence-electron chi connectivity index (χ3n) is 3.86. The van der Waals surface area contributed by atoms with Gasteiger partial charge in [0.25, 0.3) is 5.91 Å². The first-order valence-electron chi connectivity index (χ1n) is 7.72. The Morgan fingerprint density at radius 1 is 1.12 bits per heavy atom. The number of benzene rings is 2. The lowest BCUT2D eigenvalue weighted by Crippen LogP contribution is -2.12. The van der Waals surface area contributed by atoms with Crippen LogP contribution in [0.1, 0.15) is 21.5 Å². The Labute approximate surface area is 139 Å². The van der Waals surface area contributed by atoms with Crippen LogP contribution in [0.3, 0.4) is 0 Å². The maximum absolute atomic E-state index is 12.3. The lowest BCUT2D eigenvalue weighted by atomic mass is 10.1. The molecule has 0 radical (unpaired) electrons. The topological polar surface area (TPSA) is 85.3 Å². The number of hydrogen-bond donors (Lipinski definition) is 2. The zero-order valence-corrected chi connectivity index (χ0v) is 13.3. The largest absolute Gasteiger partial charge is 0.423 e. The molecule has 0 unspecified atom stereocenters. The Morgan fingerprint density at radius 2 is 1.88 bits per heavy atom. The van der Waals surface area contributed by atoms with Gasteiger partial charge >= 0.3 is 5.63 Å². The maximum atomic E-state index is 12.3. The second-order valence-electron chi connectivity index (χ2n) is 5.65. The second kappa shape index (κ2) is 6.68. The standard InChI is InChI=1S/C19H18N2O3/c1-12-10-18(22)24-17-11-15(6-7-16(12)17)21-19(23)14-4-2-13(3-5-14)8-9-20/h2-7,10-11H,8-9,20H2,1H3,(H,21,23). The smallest absolute Gasteiger partial charge is 0.336 e. The van der Waals surface area contributed by atoms with Crippen molar-refractivity contribution < 1.29 is 9.21 Å². The van der Waals surface area contributed by atoms with Gasteiger partial charge in [-0.25, -0.2) is 4.79 Å². The van der Waals surface area contributed by atoms with Crippen molar-refractivity contribution in [2.45, 2.75) is 13.3 Å². The number of carbonyl (C=O) groups is 1. The van der Waals surface area contributed by atoms with Gasteiger partial charge in [-0.2, -0.15) is 0 Å². The number of amides is 1. The zero-order valence-electron chi connectivity index (χ0n) is 13.3. The Bertz CT molecular complexity index is 943. The van der Waals surface area contributed by atoms with E-state index in [-0.39, 0.29) is 5.91 Å². The van der Waals surface area contributed by atoms with E-state index >= 15 is 0 Å². The SMILES string of the molecule is Cc1cc(=O)oc2cc(NC(=O)c3ccc(CCN)cc3)ccc12. The molecule has 0 aliphatic heterocycles. The summed E-state index contributed by atoms with van der Waals surface area (Å²) in [6.45, 7) is 2.42. The summed E-state index contributed by atoms with van der Waals surface area (Å²) in [6.07, 6.45) is 0.783. The van der Waals surface area contributed by atoms with Crippen molar-refractivity contribution in [1.29, 1.82) is 0 Å². The zero-order chi connectivity index (χ0) is 17.1. The molecule has 1 amide bonds. The van der Waals surface area contributed by atoms with Gasteiger partial charge in [0.2, 0.25) is 0 Å². The van der Waals surface area contributed by atoms with E-state index in [0.717, 1.165) is 22.9 Å². The molecule has 1 heterocycles. The molecule has 0 atom stereocenters. The van der Waals surface area contributed by atoms with Crippen LogP contribution in [0.5, 0.6) is 0 Å². The molecule has 0 fully saturated rings. The van der Waals surface area contributed by atoms with Gasteiger partial charge in [0, 0.05) is 28.8 Å². The van der Waals surface area contributed by atoms with Gasteiger partial charge in [0.15, 0.2) is 0 Å². The van der Waals surface area contributed by atoms with Gasteiger partial charge in [-0.05, 0) is 55.3 Å². The molecule has 122 valence electrons. The summed E-state index contributed by atoms with van der Waals surface area (Å²) in [5, 5.41) is 3.66. The van der Waals surface area contributed by atoms with Crippen LogP contribution in [-0.2, 0) is 6.42 Å². The first kappa shape index (κ1) is 16.0. The maximum Gasteiger partial charge on any atom is 0.336 e. The highest BCUT2D eigenvalue weighted by molar-refractivity contribution is 6.05. The van der Waals surface area contributed by atoms with Crippen molar-refractivity contribution >= 4 is 22.6 Å². The number of carbonyl (C=O) groups excluding carboxylic acids is 1. The van der Waals surface area contributed by atoms with Crippen LogP contribution in [0.4, 0.5) is 5.69 Å². The molecule has 0 spiro atoms. The average molecular weight is 322 g/mol. The van der Waals surface area contributed by atoms with Crippen LogP contribution in [-0.4, -0.2) is 12.5 Å². The molecule has 0 aliphatic rings. The third kappa shape index (κ3) is 3.36. The first-order chi connectivity index (χ1) is 11.6. The fraction of sp³-hybridized carbons (Fsp3) is 0.158. The quantitative estimate of drug-likeness (QED) is 0.723. The molecule has 0 saturated heterocycles. The van der Waals surface area contributed by atoms with Crippen LogP contribution < -0.4 is 16.7 Å². The summed E-state index contributed by atoms with van der Waals surface area (Å²) >= 11 is 0. The fourth-order valence-electron chi connectivity index (χ4n) is 2.60. The molecule has 24 heavy (non-hydrogen) atoms. The number of nitrogens with two attached hydrogens (primary N) is 1. The van der Waals surface area contributed by atoms with E-state index in [2.05, 4.69) is 5.32 Å². The van der Waals surface area contributed by atoms with E-state index in [4.69, 9.17) is 10.2 Å². The summed E-state index contributed by atoms with van der Waals surface area (Å²) in [7, 11) is 0. The van der Waals surface area contributed by atoms with Gasteiger partial charge in [-0.15, -0.1) is 0 Å². The minimum absolute atomic E-state index is 0.219. The lowest BCUT2D eigenvalue weighted by Gasteiger charge is -2.08. The van der Waals surface area contributed by atoms with E-state index < -0.39 is 5.63 Å². The third-order valence-corrected chi connectivity index (χ3v) is 3.86. The van der Waals surface area contributed by atoms with Crippen molar-refractivity contribution in [3.63, 3.8) is 0 Å². The Balaban J connectivity index is 1.83. The molecule has 0 bridgehead atoms. The number of hydrogen-bond acceptors (Lipinski definition) is 4. The number of rotatable bonds is 4. The predicted molar refractivity (Wildman–Crippen MR) is 94.4 cm³/mol. The minimum atomic E-state index is -0.404. The molecule has 5 heteroatoms. The molecule has 3 aromatic rings. The average Bonchev–Trinajstić information content (AvgIpc) is 2.55. The molecule has 1 aromatic heterocycles. The molecule has 5 nitrogen and oxygen atoms in total. The van der Waals surface area contributed by atoms with Gasteiger partial charge in [-0.1, -0.05) is 12.1 Å². The van der Waals surface area contributed by atoms with Gasteiger partial charge in [0.05, 0.1) is 0 Å². The number of anilines is 1. The van der Waals surface area contributed by atoms with Crippen LogP contribution in [0.2, 0.25) is 0 Å². The summed E-state index contributed by atoms with van der Waals surface area (Å²) in [5.41, 5.74) is 8.64. The summed E-state index contributed by atoms with van der Waals surface area (Å²) in [6, 6.07) is 14.0. The first-order valence-corrected chi connectivity index (χ1v) is 7.72. The molecular formula is C19H18N2O3. The Kier molecular flexibility index (Phi) is 4.44. The van der Waals surface area contributed by atoms with Crippen molar-refractivity contribution in [1.82, 2.24) is 0 Å². The van der Waals surface area contributed by atoms with Crippen molar-refractivity contribution in [3.8, 4) is 0 Å². The molecule has 3 rings (SSSR count). The highest BCUT2D eigenvalue weighted by Gasteiger charge is 2.08. The van der Waals surface area contributed by atoms with Crippen molar-refractivity contribution in [3.05, 3.63) is 75.6 Å². The van der Waals surface area contributed by atoms with Gasteiger partial charge in [-0.3, -0.25) is 4.79 Å². The number of aryl methyl sites for hydroxylation is 1. The molecule has 2 aromatic carbocycles. The van der Waals surface area contributed by atoms with Crippen LogP contribution in [0.15, 0.2) is 57.7 Å². The lowest BCUT2D eigenvalue weighted by molar-refractivity contribution is 0.102. The highest BCUT2D eigenvalue weighted by atomic mass is 16.4. The van der Waals surface area contributed by atoms with E-state index in [1.165, 1.54) is 6.07 Å².